The van der Waals surface area contributed by atoms with E-state index in [4.69, 9.17) is 9.47 Å². The van der Waals surface area contributed by atoms with Crippen LogP contribution in [0, 0.1) is 0 Å². The average Bonchev–Trinajstić information content (AvgIpc) is 2.33. The van der Waals surface area contributed by atoms with Gasteiger partial charge in [-0.1, -0.05) is 13.3 Å². The molecule has 138 valence electrons. The first-order chi connectivity index (χ1) is 10.8. The standard InChI is InChI=1S/C18H31NO5/c1-8-9-12-10-13(20)11-14(15(21)23-17(2,3)4)19(12)16(22)24-18(5,6)7/h12,14H,8-11H2,1-7H3/t12-,14+/m1/s1. The highest BCUT2D eigenvalue weighted by atomic mass is 16.6. The van der Waals surface area contributed by atoms with Gasteiger partial charge in [0.15, 0.2) is 0 Å². The molecule has 0 aliphatic carbocycles. The van der Waals surface area contributed by atoms with Crippen LogP contribution in [-0.4, -0.2) is 46.0 Å². The lowest BCUT2D eigenvalue weighted by molar-refractivity contribution is -0.165. The number of ketones is 1. The molecule has 0 N–H and O–H groups in total. The third-order valence-electron chi connectivity index (χ3n) is 3.52. The summed E-state index contributed by atoms with van der Waals surface area (Å²) in [5.41, 5.74) is -1.36. The van der Waals surface area contributed by atoms with E-state index in [1.165, 1.54) is 4.90 Å². The van der Waals surface area contributed by atoms with Gasteiger partial charge in [0.2, 0.25) is 0 Å². The maximum absolute atomic E-state index is 12.7. The van der Waals surface area contributed by atoms with E-state index in [1.54, 1.807) is 41.5 Å². The minimum absolute atomic E-state index is 0.0195. The maximum atomic E-state index is 12.7. The summed E-state index contributed by atoms with van der Waals surface area (Å²) < 4.78 is 10.9. The molecule has 0 radical (unpaired) electrons. The number of Topliss-reactive ketones (excluding diaryl/α,β-unsaturated/α-hetero) is 1. The summed E-state index contributed by atoms with van der Waals surface area (Å²) in [7, 11) is 0. The number of esters is 1. The fourth-order valence-corrected chi connectivity index (χ4v) is 2.74. The van der Waals surface area contributed by atoms with E-state index >= 15 is 0 Å². The second-order valence-electron chi connectivity index (χ2n) is 8.33. The first kappa shape index (κ1) is 20.5. The van der Waals surface area contributed by atoms with Gasteiger partial charge >= 0.3 is 12.1 Å². The van der Waals surface area contributed by atoms with Crippen LogP contribution >= 0.6 is 0 Å². The first-order valence-electron chi connectivity index (χ1n) is 8.60. The zero-order chi connectivity index (χ0) is 18.7. The number of carbonyl (C=O) groups excluding carboxylic acids is 3. The number of piperidine rings is 1. The number of ether oxygens (including phenoxy) is 2. The van der Waals surface area contributed by atoms with E-state index in [0.29, 0.717) is 6.42 Å². The molecule has 1 amide bonds. The van der Waals surface area contributed by atoms with Crippen molar-refractivity contribution >= 4 is 17.8 Å². The van der Waals surface area contributed by atoms with Gasteiger partial charge in [0, 0.05) is 18.9 Å². The van der Waals surface area contributed by atoms with Crippen molar-refractivity contribution in [3.8, 4) is 0 Å². The molecule has 1 fully saturated rings. The summed E-state index contributed by atoms with van der Waals surface area (Å²) in [6.07, 6.45) is 1.12. The highest BCUT2D eigenvalue weighted by Crippen LogP contribution is 2.28. The summed E-state index contributed by atoms with van der Waals surface area (Å²) in [5.74, 6) is -0.577. The van der Waals surface area contributed by atoms with E-state index in [9.17, 15) is 14.4 Å². The van der Waals surface area contributed by atoms with Gasteiger partial charge in [-0.3, -0.25) is 9.69 Å². The molecule has 6 nitrogen and oxygen atoms in total. The Balaban J connectivity index is 3.11. The van der Waals surface area contributed by atoms with Crippen molar-refractivity contribution in [3.05, 3.63) is 0 Å². The number of likely N-dealkylation sites (tertiary alicyclic amines) is 1. The highest BCUT2D eigenvalue weighted by molar-refractivity contribution is 5.91. The predicted molar refractivity (Wildman–Crippen MR) is 90.6 cm³/mol. The fourth-order valence-electron chi connectivity index (χ4n) is 2.74. The van der Waals surface area contributed by atoms with Crippen molar-refractivity contribution in [1.82, 2.24) is 4.90 Å². The molecule has 0 aromatic rings. The van der Waals surface area contributed by atoms with Crippen LogP contribution in [0.2, 0.25) is 0 Å². The Morgan fingerprint density at radius 2 is 1.58 bits per heavy atom. The molecule has 24 heavy (non-hydrogen) atoms. The van der Waals surface area contributed by atoms with Crippen LogP contribution in [0.4, 0.5) is 4.79 Å². The van der Waals surface area contributed by atoms with Gasteiger partial charge in [0.25, 0.3) is 0 Å². The monoisotopic (exact) mass is 341 g/mol. The Kier molecular flexibility index (Phi) is 6.42. The molecule has 1 heterocycles. The van der Waals surface area contributed by atoms with Crippen molar-refractivity contribution in [3.63, 3.8) is 0 Å². The molecule has 0 aromatic heterocycles. The van der Waals surface area contributed by atoms with Crippen molar-refractivity contribution in [2.45, 2.75) is 97.4 Å². The molecular weight excluding hydrogens is 310 g/mol. The highest BCUT2D eigenvalue weighted by Gasteiger charge is 2.44. The Bertz CT molecular complexity index is 487. The molecular formula is C18H31NO5. The number of rotatable bonds is 3. The summed E-state index contributed by atoms with van der Waals surface area (Å²) in [6, 6.07) is -1.25. The summed E-state index contributed by atoms with van der Waals surface area (Å²) in [6.45, 7) is 12.6. The quantitative estimate of drug-likeness (QED) is 0.735. The van der Waals surface area contributed by atoms with Crippen LogP contribution in [0.15, 0.2) is 0 Å². The minimum Gasteiger partial charge on any atom is -0.458 e. The van der Waals surface area contributed by atoms with E-state index < -0.39 is 29.3 Å². The van der Waals surface area contributed by atoms with E-state index in [2.05, 4.69) is 0 Å². The normalized spacial score (nSPS) is 22.3. The van der Waals surface area contributed by atoms with E-state index in [0.717, 1.165) is 6.42 Å². The van der Waals surface area contributed by atoms with Crippen molar-refractivity contribution in [2.24, 2.45) is 0 Å². The number of amides is 1. The zero-order valence-corrected chi connectivity index (χ0v) is 16.0. The molecule has 1 aliphatic heterocycles. The smallest absolute Gasteiger partial charge is 0.411 e. The molecule has 0 unspecified atom stereocenters. The van der Waals surface area contributed by atoms with Gasteiger partial charge in [0.1, 0.15) is 23.0 Å². The SMILES string of the molecule is CCC[C@@H]1CC(=O)C[C@@H](C(=O)OC(C)(C)C)N1C(=O)OC(C)(C)C. The van der Waals surface area contributed by atoms with Crippen LogP contribution < -0.4 is 0 Å². The van der Waals surface area contributed by atoms with Gasteiger partial charge in [-0.15, -0.1) is 0 Å². The lowest BCUT2D eigenvalue weighted by Gasteiger charge is -2.41. The van der Waals surface area contributed by atoms with Crippen molar-refractivity contribution in [1.29, 1.82) is 0 Å². The second-order valence-corrected chi connectivity index (χ2v) is 8.33. The fraction of sp³-hybridized carbons (Fsp3) is 0.833. The van der Waals surface area contributed by atoms with Crippen LogP contribution in [0.1, 0.15) is 74.1 Å². The number of hydrogen-bond donors (Lipinski definition) is 0. The Labute approximate surface area is 144 Å². The molecule has 0 saturated carbocycles. The van der Waals surface area contributed by atoms with Gasteiger partial charge in [-0.2, -0.15) is 0 Å². The van der Waals surface area contributed by atoms with E-state index in [1.807, 2.05) is 6.92 Å². The summed E-state index contributed by atoms with van der Waals surface area (Å²) in [5, 5.41) is 0. The third kappa shape index (κ3) is 6.13. The Morgan fingerprint density at radius 1 is 1.04 bits per heavy atom. The van der Waals surface area contributed by atoms with Gasteiger partial charge < -0.3 is 9.47 Å². The van der Waals surface area contributed by atoms with Gasteiger partial charge in [0.05, 0.1) is 0 Å². The van der Waals surface area contributed by atoms with Crippen molar-refractivity contribution < 1.29 is 23.9 Å². The lowest BCUT2D eigenvalue weighted by atomic mass is 9.92. The maximum Gasteiger partial charge on any atom is 0.411 e. The molecule has 0 bridgehead atoms. The molecule has 0 aromatic carbocycles. The minimum atomic E-state index is -0.920. The molecule has 2 atom stereocenters. The van der Waals surface area contributed by atoms with Gasteiger partial charge in [-0.25, -0.2) is 9.59 Å². The van der Waals surface area contributed by atoms with Crippen molar-refractivity contribution in [2.75, 3.05) is 0 Å². The summed E-state index contributed by atoms with van der Waals surface area (Å²) in [4.78, 5) is 38.8. The first-order valence-corrected chi connectivity index (χ1v) is 8.60. The number of hydrogen-bond acceptors (Lipinski definition) is 5. The topological polar surface area (TPSA) is 72.9 Å². The van der Waals surface area contributed by atoms with E-state index in [-0.39, 0.29) is 24.7 Å². The second kappa shape index (κ2) is 7.53. The predicted octanol–water partition coefficient (Wildman–Crippen LogP) is 3.47. The molecule has 0 spiro atoms. The zero-order valence-electron chi connectivity index (χ0n) is 16.0. The third-order valence-corrected chi connectivity index (χ3v) is 3.52. The largest absolute Gasteiger partial charge is 0.458 e. The van der Waals surface area contributed by atoms with Gasteiger partial charge in [-0.05, 0) is 48.0 Å². The average molecular weight is 341 g/mol. The lowest BCUT2D eigenvalue weighted by Crippen LogP contribution is -2.57. The molecule has 1 saturated heterocycles. The molecule has 6 heteroatoms. The van der Waals surface area contributed by atoms with Crippen LogP contribution in [-0.2, 0) is 19.1 Å². The number of carbonyl (C=O) groups is 3. The summed E-state index contributed by atoms with van der Waals surface area (Å²) >= 11 is 0. The van der Waals surface area contributed by atoms with Crippen LogP contribution in [0.25, 0.3) is 0 Å². The van der Waals surface area contributed by atoms with Crippen LogP contribution in [0.3, 0.4) is 0 Å². The Hall–Kier alpha value is -1.59. The molecule has 1 rings (SSSR count). The molecule has 1 aliphatic rings. The number of nitrogens with zero attached hydrogens (tertiary/aromatic N) is 1. The Morgan fingerprint density at radius 3 is 2.04 bits per heavy atom. The van der Waals surface area contributed by atoms with Crippen LogP contribution in [0.5, 0.6) is 0 Å².